The van der Waals surface area contributed by atoms with Crippen LogP contribution in [-0.4, -0.2) is 0 Å². The second kappa shape index (κ2) is 7.66. The van der Waals surface area contributed by atoms with Crippen molar-refractivity contribution in [2.75, 3.05) is 0 Å². The van der Waals surface area contributed by atoms with Crippen molar-refractivity contribution in [3.05, 3.63) is 89.5 Å². The van der Waals surface area contributed by atoms with Crippen LogP contribution in [0, 0.1) is 18.3 Å². The second-order valence-electron chi connectivity index (χ2n) is 7.75. The largest absolute Gasteiger partial charge is 0.454 e. The number of pyridine rings is 1. The van der Waals surface area contributed by atoms with Crippen molar-refractivity contribution in [2.45, 2.75) is 26.6 Å². The minimum absolute atomic E-state index is 0.0435. The Hall–Kier alpha value is -3.90. The lowest BCUT2D eigenvalue weighted by atomic mass is 9.95. The molecule has 156 valence electrons. The van der Waals surface area contributed by atoms with Crippen LogP contribution in [-0.2, 0) is 7.05 Å². The number of hydrogen-bond donors (Lipinski definition) is 0. The van der Waals surface area contributed by atoms with E-state index in [0.717, 1.165) is 5.56 Å². The number of nitriles is 1. The Morgan fingerprint density at radius 3 is 2.69 bits per heavy atom. The number of rotatable bonds is 3. The van der Waals surface area contributed by atoms with Gasteiger partial charge >= 0.3 is 0 Å². The Labute approximate surface area is 200 Å². The standard InChI is InChI=1S/C29H25N2O/c1-18(2)21-14-15-31(4)25(16-21)26-19(3)10-12-24-27-22(17-30)11-13-23(28(27)32-29(24)26)20-8-6-5-7-9-20/h5-16,18H,1-4H3/q+1/i1D3,5D,6D,7D,8D,9D,18D. The van der Waals surface area contributed by atoms with Gasteiger partial charge in [-0.1, -0.05) is 56.1 Å². The molecule has 0 bridgehead atoms. The van der Waals surface area contributed by atoms with Crippen LogP contribution in [0.2, 0.25) is 0 Å². The van der Waals surface area contributed by atoms with Crippen molar-refractivity contribution in [3.8, 4) is 28.5 Å². The van der Waals surface area contributed by atoms with Gasteiger partial charge in [-0.2, -0.15) is 5.26 Å². The SMILES string of the molecule is [2H]c1c([2H])c([2H])c(-c2ccc(C#N)c3c2oc2c(-c4cc(C([2H])(C)C([2H])([2H])[2H])cc[n+]4C)c(C)ccc23)c([2H])c1[2H]. The molecule has 0 saturated heterocycles. The van der Waals surface area contributed by atoms with Crippen molar-refractivity contribution in [1.82, 2.24) is 0 Å². The minimum Gasteiger partial charge on any atom is -0.454 e. The molecule has 0 radical (unpaired) electrons. The predicted octanol–water partition coefficient (Wildman–Crippen LogP) is 7.05. The molecular formula is C29H25N2O+. The Bertz CT molecular complexity index is 1920. The van der Waals surface area contributed by atoms with Crippen molar-refractivity contribution in [1.29, 1.82) is 5.26 Å². The molecule has 5 rings (SSSR count). The maximum Gasteiger partial charge on any atom is 0.216 e. The number of furan rings is 1. The summed E-state index contributed by atoms with van der Waals surface area (Å²) in [5.41, 5.74) is 3.32. The van der Waals surface area contributed by atoms with Gasteiger partial charge in [0.15, 0.2) is 6.20 Å². The molecule has 0 saturated carbocycles. The average molecular weight is 427 g/mol. The van der Waals surface area contributed by atoms with Gasteiger partial charge in [0.25, 0.3) is 0 Å². The summed E-state index contributed by atoms with van der Waals surface area (Å²) in [4.78, 5) is 0. The number of hydrogen-bond acceptors (Lipinski definition) is 2. The maximum absolute atomic E-state index is 9.97. The highest BCUT2D eigenvalue weighted by molar-refractivity contribution is 6.15. The quantitative estimate of drug-likeness (QED) is 0.290. The summed E-state index contributed by atoms with van der Waals surface area (Å²) in [6, 6.07) is 9.86. The molecule has 1 atom stereocenters. The molecule has 3 heteroatoms. The van der Waals surface area contributed by atoms with Crippen molar-refractivity contribution in [3.63, 3.8) is 0 Å². The highest BCUT2D eigenvalue weighted by Gasteiger charge is 2.24. The van der Waals surface area contributed by atoms with Crippen LogP contribution in [0.3, 0.4) is 0 Å². The molecule has 0 amide bonds. The third-order valence-electron chi connectivity index (χ3n) is 5.73. The zero-order valence-corrected chi connectivity index (χ0v) is 17.8. The maximum atomic E-state index is 9.97. The van der Waals surface area contributed by atoms with Gasteiger partial charge in [-0.3, -0.25) is 0 Å². The lowest BCUT2D eigenvalue weighted by Gasteiger charge is -2.09. The summed E-state index contributed by atoms with van der Waals surface area (Å²) < 4.78 is 81.8. The second-order valence-corrected chi connectivity index (χ2v) is 7.75. The van der Waals surface area contributed by atoms with E-state index >= 15 is 0 Å². The molecule has 2 aromatic heterocycles. The minimum atomic E-state index is -2.58. The fourth-order valence-electron chi connectivity index (χ4n) is 4.09. The van der Waals surface area contributed by atoms with E-state index in [-0.39, 0.29) is 27.8 Å². The molecule has 2 heterocycles. The van der Waals surface area contributed by atoms with Crippen molar-refractivity contribution in [2.24, 2.45) is 7.05 Å². The summed E-state index contributed by atoms with van der Waals surface area (Å²) in [7, 11) is 1.79. The fraction of sp³-hybridized carbons (Fsp3) is 0.172. The molecule has 0 N–H and O–H groups in total. The molecule has 32 heavy (non-hydrogen) atoms. The van der Waals surface area contributed by atoms with E-state index in [4.69, 9.17) is 16.8 Å². The predicted molar refractivity (Wildman–Crippen MR) is 129 cm³/mol. The summed E-state index contributed by atoms with van der Waals surface area (Å²) in [5.74, 6) is -1.88. The Morgan fingerprint density at radius 2 is 1.94 bits per heavy atom. The Kier molecular flexibility index (Phi) is 2.92. The normalized spacial score (nSPS) is 17.6. The number of fused-ring (bicyclic) bond motifs is 3. The first-order valence-electron chi connectivity index (χ1n) is 14.6. The molecule has 3 nitrogen and oxygen atoms in total. The van der Waals surface area contributed by atoms with Gasteiger partial charge < -0.3 is 4.42 Å². The molecule has 0 aliphatic carbocycles. The van der Waals surface area contributed by atoms with E-state index in [1.54, 1.807) is 36.0 Å². The topological polar surface area (TPSA) is 40.8 Å². The highest BCUT2D eigenvalue weighted by Crippen LogP contribution is 2.42. The van der Waals surface area contributed by atoms with Crippen LogP contribution < -0.4 is 4.57 Å². The lowest BCUT2D eigenvalue weighted by molar-refractivity contribution is -0.660. The first kappa shape index (κ1) is 12.2. The first-order chi connectivity index (χ1) is 19.1. The van der Waals surface area contributed by atoms with Gasteiger partial charge in [-0.25, -0.2) is 4.57 Å². The molecular weight excluding hydrogens is 392 g/mol. The van der Waals surface area contributed by atoms with Gasteiger partial charge in [0.1, 0.15) is 18.2 Å². The smallest absolute Gasteiger partial charge is 0.216 e. The molecule has 3 aromatic carbocycles. The van der Waals surface area contributed by atoms with E-state index in [2.05, 4.69) is 6.07 Å². The third kappa shape index (κ3) is 3.08. The Balaban J connectivity index is 1.91. The molecule has 0 aliphatic heterocycles. The molecule has 5 aromatic rings. The van der Waals surface area contributed by atoms with Gasteiger partial charge in [-0.05, 0) is 41.6 Å². The van der Waals surface area contributed by atoms with Crippen LogP contribution in [0.25, 0.3) is 44.3 Å². The van der Waals surface area contributed by atoms with E-state index < -0.39 is 43.0 Å². The summed E-state index contributed by atoms with van der Waals surface area (Å²) in [6.07, 6.45) is 1.68. The van der Waals surface area contributed by atoms with Gasteiger partial charge in [0.05, 0.1) is 24.0 Å². The van der Waals surface area contributed by atoms with Crippen molar-refractivity contribution < 1.29 is 21.3 Å². The zero-order valence-electron chi connectivity index (χ0n) is 26.8. The van der Waals surface area contributed by atoms with Gasteiger partial charge in [-0.15, -0.1) is 0 Å². The molecule has 1 unspecified atom stereocenters. The van der Waals surface area contributed by atoms with E-state index in [9.17, 15) is 5.26 Å². The summed E-state index contributed by atoms with van der Waals surface area (Å²) in [6.45, 7) is 0.629. The number of aromatic nitrogens is 1. The third-order valence-corrected chi connectivity index (χ3v) is 5.73. The number of benzene rings is 3. The van der Waals surface area contributed by atoms with Gasteiger partial charge in [0, 0.05) is 34.0 Å². The fourth-order valence-corrected chi connectivity index (χ4v) is 4.09. The van der Waals surface area contributed by atoms with Crippen LogP contribution in [0.15, 0.2) is 77.2 Å². The molecule has 0 fully saturated rings. The average Bonchev–Trinajstić information content (AvgIpc) is 3.30. The van der Waals surface area contributed by atoms with Gasteiger partial charge in [0.2, 0.25) is 5.69 Å². The van der Waals surface area contributed by atoms with Crippen LogP contribution in [0.5, 0.6) is 0 Å². The lowest BCUT2D eigenvalue weighted by Crippen LogP contribution is -2.31. The van der Waals surface area contributed by atoms with E-state index in [1.807, 2.05) is 13.0 Å². The zero-order chi connectivity index (χ0) is 30.2. The van der Waals surface area contributed by atoms with Crippen molar-refractivity contribution >= 4 is 21.9 Å². The highest BCUT2D eigenvalue weighted by atomic mass is 16.3. The Morgan fingerprint density at radius 1 is 1.12 bits per heavy atom. The summed E-state index contributed by atoms with van der Waals surface area (Å²) in [5, 5.41) is 11.0. The monoisotopic (exact) mass is 426 g/mol. The molecule has 0 spiro atoms. The van der Waals surface area contributed by atoms with E-state index in [0.29, 0.717) is 27.6 Å². The van der Waals surface area contributed by atoms with E-state index in [1.165, 1.54) is 19.1 Å². The summed E-state index contributed by atoms with van der Waals surface area (Å²) >= 11 is 0. The van der Waals surface area contributed by atoms with Crippen LogP contribution >= 0.6 is 0 Å². The van der Waals surface area contributed by atoms with Crippen LogP contribution in [0.1, 0.15) is 48.7 Å². The van der Waals surface area contributed by atoms with Crippen LogP contribution in [0.4, 0.5) is 0 Å². The number of aryl methyl sites for hydroxylation is 2. The number of nitrogens with zero attached hydrogens (tertiary/aromatic N) is 2. The first-order valence-corrected chi connectivity index (χ1v) is 10.1. The molecule has 0 aliphatic rings.